The number of hydrogen-bond acceptors (Lipinski definition) is 5. The molecule has 1 N–H and O–H groups in total. The van der Waals surface area contributed by atoms with Gasteiger partial charge in [0.2, 0.25) is 11.8 Å². The molecule has 154 valence electrons. The number of rotatable bonds is 4. The van der Waals surface area contributed by atoms with Gasteiger partial charge in [0, 0.05) is 53.1 Å². The number of thiazole rings is 1. The number of nitrogens with zero attached hydrogens (tertiary/aromatic N) is 3. The van der Waals surface area contributed by atoms with Crippen molar-refractivity contribution >= 4 is 28.8 Å². The predicted molar refractivity (Wildman–Crippen MR) is 119 cm³/mol. The van der Waals surface area contributed by atoms with Crippen LogP contribution >= 0.6 is 11.3 Å². The maximum Gasteiger partial charge on any atom is 0.229 e. The standard InChI is InChI=1S/C23H24N4O2S/c1-23(2,3)27-13-17(11-20(27)28)21(29)25-18-8-4-6-15(10-18)19-14-30-22(26-19)16-7-5-9-24-12-16/h4-10,12,14,17H,11,13H2,1-3H3,(H,25,29). The molecule has 1 fully saturated rings. The third-order valence-electron chi connectivity index (χ3n) is 5.14. The molecule has 30 heavy (non-hydrogen) atoms. The zero-order valence-electron chi connectivity index (χ0n) is 17.3. The topological polar surface area (TPSA) is 75.2 Å². The number of benzene rings is 1. The van der Waals surface area contributed by atoms with E-state index in [0.29, 0.717) is 12.2 Å². The first-order chi connectivity index (χ1) is 14.3. The van der Waals surface area contributed by atoms with Crippen molar-refractivity contribution in [1.29, 1.82) is 0 Å². The van der Waals surface area contributed by atoms with E-state index in [1.165, 1.54) is 0 Å². The summed E-state index contributed by atoms with van der Waals surface area (Å²) in [6.07, 6.45) is 3.79. The molecule has 0 bridgehead atoms. The van der Waals surface area contributed by atoms with Crippen molar-refractivity contribution in [2.45, 2.75) is 32.7 Å². The second-order valence-electron chi connectivity index (χ2n) is 8.43. The maximum atomic E-state index is 12.8. The number of likely N-dealkylation sites (tertiary alicyclic amines) is 1. The van der Waals surface area contributed by atoms with Gasteiger partial charge in [0.25, 0.3) is 0 Å². The quantitative estimate of drug-likeness (QED) is 0.676. The van der Waals surface area contributed by atoms with Crippen molar-refractivity contribution in [1.82, 2.24) is 14.9 Å². The minimum Gasteiger partial charge on any atom is -0.337 e. The second kappa shape index (κ2) is 7.99. The Morgan fingerprint density at radius 3 is 2.70 bits per heavy atom. The summed E-state index contributed by atoms with van der Waals surface area (Å²) in [7, 11) is 0. The molecule has 6 nitrogen and oxygen atoms in total. The lowest BCUT2D eigenvalue weighted by Crippen LogP contribution is -2.42. The van der Waals surface area contributed by atoms with E-state index in [-0.39, 0.29) is 29.7 Å². The Balaban J connectivity index is 1.48. The van der Waals surface area contributed by atoms with Gasteiger partial charge >= 0.3 is 0 Å². The molecule has 0 spiro atoms. The number of hydrogen-bond donors (Lipinski definition) is 1. The minimum atomic E-state index is -0.336. The van der Waals surface area contributed by atoms with Crippen molar-refractivity contribution < 1.29 is 9.59 Å². The summed E-state index contributed by atoms with van der Waals surface area (Å²) in [5.74, 6) is -0.430. The Kier molecular flexibility index (Phi) is 5.39. The molecule has 1 aliphatic rings. The summed E-state index contributed by atoms with van der Waals surface area (Å²) >= 11 is 1.56. The summed E-state index contributed by atoms with van der Waals surface area (Å²) in [5.41, 5.74) is 3.19. The van der Waals surface area contributed by atoms with Crippen molar-refractivity contribution in [3.63, 3.8) is 0 Å². The third-order valence-corrected chi connectivity index (χ3v) is 6.04. The Hall–Kier alpha value is -3.06. The average Bonchev–Trinajstić information content (AvgIpc) is 3.36. The molecule has 3 heterocycles. The van der Waals surface area contributed by atoms with E-state index in [0.717, 1.165) is 21.8 Å². The monoisotopic (exact) mass is 420 g/mol. The fourth-order valence-electron chi connectivity index (χ4n) is 3.56. The highest BCUT2D eigenvalue weighted by Crippen LogP contribution is 2.30. The SMILES string of the molecule is CC(C)(C)N1CC(C(=O)Nc2cccc(-c3csc(-c4cccnc4)n3)c2)CC1=O. The maximum absolute atomic E-state index is 12.8. The smallest absolute Gasteiger partial charge is 0.229 e. The normalized spacial score (nSPS) is 16.7. The van der Waals surface area contributed by atoms with Crippen LogP contribution in [0, 0.1) is 5.92 Å². The van der Waals surface area contributed by atoms with Crippen LogP contribution in [0.1, 0.15) is 27.2 Å². The molecule has 1 saturated heterocycles. The van der Waals surface area contributed by atoms with Crippen molar-refractivity contribution in [2.24, 2.45) is 5.92 Å². The zero-order valence-corrected chi connectivity index (χ0v) is 18.1. The molecule has 3 aromatic rings. The molecule has 0 radical (unpaired) electrons. The molecule has 2 amide bonds. The van der Waals surface area contributed by atoms with Gasteiger partial charge in [-0.3, -0.25) is 14.6 Å². The van der Waals surface area contributed by atoms with Crippen LogP contribution in [0.3, 0.4) is 0 Å². The van der Waals surface area contributed by atoms with E-state index < -0.39 is 0 Å². The first-order valence-electron chi connectivity index (χ1n) is 9.89. The molecule has 1 unspecified atom stereocenters. The Bertz CT molecular complexity index is 1070. The molecule has 0 saturated carbocycles. The van der Waals surface area contributed by atoms with E-state index in [1.807, 2.05) is 62.5 Å². The highest BCUT2D eigenvalue weighted by molar-refractivity contribution is 7.13. The van der Waals surface area contributed by atoms with Gasteiger partial charge < -0.3 is 10.2 Å². The molecule has 2 aromatic heterocycles. The molecule has 1 atom stereocenters. The average molecular weight is 421 g/mol. The third kappa shape index (κ3) is 4.26. The molecule has 1 aliphatic heterocycles. The van der Waals surface area contributed by atoms with Crippen LogP contribution in [0.2, 0.25) is 0 Å². The molecule has 0 aliphatic carbocycles. The zero-order chi connectivity index (χ0) is 21.3. The van der Waals surface area contributed by atoms with E-state index >= 15 is 0 Å². The van der Waals surface area contributed by atoms with Gasteiger partial charge in [-0.2, -0.15) is 0 Å². The molecule has 4 rings (SSSR count). The van der Waals surface area contributed by atoms with Gasteiger partial charge in [0.15, 0.2) is 0 Å². The minimum absolute atomic E-state index is 0.0294. The van der Waals surface area contributed by atoms with Gasteiger partial charge in [-0.15, -0.1) is 11.3 Å². The van der Waals surface area contributed by atoms with Crippen LogP contribution in [0.4, 0.5) is 5.69 Å². The Labute approximate surface area is 180 Å². The van der Waals surface area contributed by atoms with Gasteiger partial charge in [0.1, 0.15) is 5.01 Å². The predicted octanol–water partition coefficient (Wildman–Crippen LogP) is 4.46. The largest absolute Gasteiger partial charge is 0.337 e. The van der Waals surface area contributed by atoms with E-state index in [9.17, 15) is 9.59 Å². The van der Waals surface area contributed by atoms with Crippen molar-refractivity contribution in [3.8, 4) is 21.8 Å². The van der Waals surface area contributed by atoms with Crippen LogP contribution in [0.5, 0.6) is 0 Å². The summed E-state index contributed by atoms with van der Waals surface area (Å²) in [6.45, 7) is 6.42. The summed E-state index contributed by atoms with van der Waals surface area (Å²) in [6, 6.07) is 11.5. The highest BCUT2D eigenvalue weighted by Gasteiger charge is 2.39. The van der Waals surface area contributed by atoms with E-state index in [4.69, 9.17) is 4.98 Å². The number of anilines is 1. The summed E-state index contributed by atoms with van der Waals surface area (Å²) < 4.78 is 0. The second-order valence-corrected chi connectivity index (χ2v) is 9.28. The first-order valence-corrected chi connectivity index (χ1v) is 10.8. The lowest BCUT2D eigenvalue weighted by Gasteiger charge is -2.31. The van der Waals surface area contributed by atoms with Gasteiger partial charge in [-0.05, 0) is 45.0 Å². The summed E-state index contributed by atoms with van der Waals surface area (Å²) in [4.78, 5) is 35.7. The van der Waals surface area contributed by atoms with Crippen LogP contribution in [0.15, 0.2) is 54.2 Å². The molecular formula is C23H24N4O2S. The first kappa shape index (κ1) is 20.2. The van der Waals surface area contributed by atoms with Gasteiger partial charge in [0.05, 0.1) is 11.6 Å². The van der Waals surface area contributed by atoms with Crippen LogP contribution < -0.4 is 5.32 Å². The number of aromatic nitrogens is 2. The Morgan fingerprint density at radius 1 is 1.20 bits per heavy atom. The van der Waals surface area contributed by atoms with E-state index in [1.54, 1.807) is 28.6 Å². The van der Waals surface area contributed by atoms with Crippen molar-refractivity contribution in [3.05, 3.63) is 54.2 Å². The van der Waals surface area contributed by atoms with Gasteiger partial charge in [-0.25, -0.2) is 4.98 Å². The molecular weight excluding hydrogens is 396 g/mol. The lowest BCUT2D eigenvalue weighted by molar-refractivity contribution is -0.131. The fourth-order valence-corrected chi connectivity index (χ4v) is 4.38. The molecule has 1 aromatic carbocycles. The number of amides is 2. The molecule has 7 heteroatoms. The van der Waals surface area contributed by atoms with Crippen LogP contribution in [-0.4, -0.2) is 38.8 Å². The van der Waals surface area contributed by atoms with Crippen LogP contribution in [-0.2, 0) is 9.59 Å². The van der Waals surface area contributed by atoms with Crippen LogP contribution in [0.25, 0.3) is 21.8 Å². The number of carbonyl (C=O) groups excluding carboxylic acids is 2. The van der Waals surface area contributed by atoms with Gasteiger partial charge in [-0.1, -0.05) is 12.1 Å². The lowest BCUT2D eigenvalue weighted by atomic mass is 10.1. The number of nitrogens with one attached hydrogen (secondary N) is 1. The van der Waals surface area contributed by atoms with Crippen molar-refractivity contribution in [2.75, 3.05) is 11.9 Å². The number of pyridine rings is 1. The highest BCUT2D eigenvalue weighted by atomic mass is 32.1. The fraction of sp³-hybridized carbons (Fsp3) is 0.304. The van der Waals surface area contributed by atoms with E-state index in [2.05, 4.69) is 10.3 Å². The Morgan fingerprint density at radius 2 is 2.00 bits per heavy atom. The summed E-state index contributed by atoms with van der Waals surface area (Å²) in [5, 5.41) is 5.88. The number of carbonyl (C=O) groups is 2.